The molecule has 3 aromatic heterocycles. The topological polar surface area (TPSA) is 97.0 Å². The van der Waals surface area contributed by atoms with Gasteiger partial charge in [-0.1, -0.05) is 35.6 Å². The van der Waals surface area contributed by atoms with Crippen LogP contribution >= 0.6 is 11.3 Å². The molecule has 0 spiro atoms. The molecule has 1 atom stereocenters. The third-order valence-corrected chi connectivity index (χ3v) is 7.99. The second kappa shape index (κ2) is 9.36. The molecule has 0 radical (unpaired) electrons. The number of rotatable bonds is 5. The van der Waals surface area contributed by atoms with Gasteiger partial charge in [0.1, 0.15) is 17.1 Å². The molecule has 1 fully saturated rings. The maximum absolute atomic E-state index is 13.7. The molecule has 196 valence electrons. The van der Waals surface area contributed by atoms with Crippen molar-refractivity contribution in [1.29, 1.82) is 0 Å². The number of amides is 1. The number of nitrogens with zero attached hydrogens (tertiary/aromatic N) is 4. The van der Waals surface area contributed by atoms with E-state index in [2.05, 4.69) is 4.98 Å². The molecule has 0 aliphatic carbocycles. The van der Waals surface area contributed by atoms with Gasteiger partial charge in [-0.25, -0.2) is 9.97 Å². The monoisotopic (exact) mass is 538 g/mol. The number of hydrogen-bond acceptors (Lipinski definition) is 7. The van der Waals surface area contributed by atoms with Gasteiger partial charge in [-0.05, 0) is 74.7 Å². The Hall–Kier alpha value is -4.50. The lowest BCUT2D eigenvalue weighted by atomic mass is 9.96. The van der Waals surface area contributed by atoms with Crippen LogP contribution in [0, 0.1) is 20.8 Å². The summed E-state index contributed by atoms with van der Waals surface area (Å²) in [7, 11) is 0. The first-order valence-corrected chi connectivity index (χ1v) is 13.5. The van der Waals surface area contributed by atoms with Crippen LogP contribution in [0.4, 0.5) is 5.13 Å². The highest BCUT2D eigenvalue weighted by atomic mass is 32.1. The van der Waals surface area contributed by atoms with Crippen LogP contribution in [0.3, 0.4) is 0 Å². The summed E-state index contributed by atoms with van der Waals surface area (Å²) < 4.78 is 8.48. The molecule has 0 bridgehead atoms. The highest BCUT2D eigenvalue weighted by Gasteiger charge is 2.48. The molecule has 1 aliphatic rings. The number of Topliss-reactive ketones (excluding diaryl/α,β-unsaturated/α-hetero) is 1. The average molecular weight is 539 g/mol. The molecule has 0 saturated carbocycles. The zero-order chi connectivity index (χ0) is 27.4. The van der Waals surface area contributed by atoms with Gasteiger partial charge in [0.2, 0.25) is 0 Å². The minimum absolute atomic E-state index is 0.0340. The third kappa shape index (κ3) is 3.97. The molecule has 1 amide bonds. The minimum Gasteiger partial charge on any atom is -0.505 e. The van der Waals surface area contributed by atoms with Crippen molar-refractivity contribution in [2.45, 2.75) is 33.7 Å². The van der Waals surface area contributed by atoms with Gasteiger partial charge in [-0.2, -0.15) is 0 Å². The van der Waals surface area contributed by atoms with Crippen molar-refractivity contribution in [3.8, 4) is 5.75 Å². The SMILES string of the molecule is CCOc1cccc(C2C(=C(O)c3nc4c(C)cccn4c3C)C(=O)C(=O)N2c2nc3ccc(C)cc3s2)c1. The average Bonchev–Trinajstić information content (AvgIpc) is 3.56. The maximum atomic E-state index is 13.7. The number of thiazole rings is 1. The van der Waals surface area contributed by atoms with Gasteiger partial charge in [-0.15, -0.1) is 0 Å². The fourth-order valence-corrected chi connectivity index (χ4v) is 6.17. The molecular formula is C30H26N4O4S. The molecule has 1 unspecified atom stereocenters. The van der Waals surface area contributed by atoms with Crippen molar-refractivity contribution in [2.75, 3.05) is 11.5 Å². The number of aromatic nitrogens is 3. The maximum Gasteiger partial charge on any atom is 0.301 e. The number of aliphatic hydroxyl groups is 1. The molecule has 5 aromatic rings. The summed E-state index contributed by atoms with van der Waals surface area (Å²) in [6.07, 6.45) is 1.85. The second-order valence-electron chi connectivity index (χ2n) is 9.57. The lowest BCUT2D eigenvalue weighted by Crippen LogP contribution is -2.29. The van der Waals surface area contributed by atoms with Crippen molar-refractivity contribution < 1.29 is 19.4 Å². The third-order valence-electron chi connectivity index (χ3n) is 6.98. The summed E-state index contributed by atoms with van der Waals surface area (Å²) in [4.78, 5) is 38.1. The van der Waals surface area contributed by atoms with E-state index < -0.39 is 17.7 Å². The summed E-state index contributed by atoms with van der Waals surface area (Å²) in [6, 6.07) is 16.0. The number of aliphatic hydroxyl groups excluding tert-OH is 1. The molecule has 8 nitrogen and oxygen atoms in total. The number of benzene rings is 2. The fraction of sp³-hybridized carbons (Fsp3) is 0.200. The Balaban J connectivity index is 1.60. The highest BCUT2D eigenvalue weighted by Crippen LogP contribution is 2.45. The Bertz CT molecular complexity index is 1830. The van der Waals surface area contributed by atoms with Gasteiger partial charge in [-0.3, -0.25) is 14.5 Å². The Morgan fingerprint density at radius 1 is 1.05 bits per heavy atom. The first-order valence-electron chi connectivity index (χ1n) is 12.6. The fourth-order valence-electron chi connectivity index (χ4n) is 5.08. The normalized spacial score (nSPS) is 17.0. The summed E-state index contributed by atoms with van der Waals surface area (Å²) in [6.45, 7) is 8.09. The van der Waals surface area contributed by atoms with Crippen molar-refractivity contribution in [3.63, 3.8) is 0 Å². The molecular weight excluding hydrogens is 512 g/mol. The number of hydrogen-bond donors (Lipinski definition) is 1. The zero-order valence-electron chi connectivity index (χ0n) is 21.9. The smallest absolute Gasteiger partial charge is 0.301 e. The summed E-state index contributed by atoms with van der Waals surface area (Å²) in [5, 5.41) is 12.1. The number of carbonyl (C=O) groups is 2. The van der Waals surface area contributed by atoms with E-state index in [0.717, 1.165) is 21.3 Å². The van der Waals surface area contributed by atoms with Crippen LogP contribution in [0.15, 0.2) is 66.4 Å². The number of fused-ring (bicyclic) bond motifs is 2. The van der Waals surface area contributed by atoms with Gasteiger partial charge >= 0.3 is 5.91 Å². The van der Waals surface area contributed by atoms with Gasteiger partial charge in [0.15, 0.2) is 10.9 Å². The first-order chi connectivity index (χ1) is 18.8. The number of ketones is 1. The van der Waals surface area contributed by atoms with E-state index in [1.165, 1.54) is 16.2 Å². The second-order valence-corrected chi connectivity index (χ2v) is 10.6. The lowest BCUT2D eigenvalue weighted by Gasteiger charge is -2.23. The number of ether oxygens (including phenoxy) is 1. The van der Waals surface area contributed by atoms with E-state index in [1.54, 1.807) is 6.07 Å². The van der Waals surface area contributed by atoms with Crippen molar-refractivity contribution in [2.24, 2.45) is 0 Å². The van der Waals surface area contributed by atoms with Crippen molar-refractivity contribution in [1.82, 2.24) is 14.4 Å². The van der Waals surface area contributed by atoms with Crippen LogP contribution in [-0.2, 0) is 9.59 Å². The van der Waals surface area contributed by atoms with Crippen LogP contribution in [0.25, 0.3) is 21.6 Å². The number of anilines is 1. The highest BCUT2D eigenvalue weighted by molar-refractivity contribution is 7.22. The summed E-state index contributed by atoms with van der Waals surface area (Å²) in [5.41, 5.74) is 4.90. The Kier molecular flexibility index (Phi) is 5.95. The molecule has 9 heteroatoms. The van der Waals surface area contributed by atoms with E-state index in [4.69, 9.17) is 9.72 Å². The van der Waals surface area contributed by atoms with Crippen LogP contribution in [0.5, 0.6) is 5.75 Å². The molecule has 2 aromatic carbocycles. The molecule has 6 rings (SSSR count). The van der Waals surface area contributed by atoms with Gasteiger partial charge < -0.3 is 14.2 Å². The first kappa shape index (κ1) is 24.8. The van der Waals surface area contributed by atoms with Crippen molar-refractivity contribution >= 4 is 49.8 Å². The zero-order valence-corrected chi connectivity index (χ0v) is 22.7. The van der Waals surface area contributed by atoms with Gasteiger partial charge in [0.05, 0.1) is 34.1 Å². The Morgan fingerprint density at radius 3 is 2.64 bits per heavy atom. The number of pyridine rings is 1. The summed E-state index contributed by atoms with van der Waals surface area (Å²) in [5.74, 6) is -1.26. The van der Waals surface area contributed by atoms with E-state index in [0.29, 0.717) is 34.4 Å². The van der Waals surface area contributed by atoms with E-state index in [-0.39, 0.29) is 17.0 Å². The Labute approximate surface area is 228 Å². The van der Waals surface area contributed by atoms with Crippen LogP contribution in [0.1, 0.15) is 41.0 Å². The Morgan fingerprint density at radius 2 is 1.87 bits per heavy atom. The van der Waals surface area contributed by atoms with Crippen LogP contribution in [0.2, 0.25) is 0 Å². The van der Waals surface area contributed by atoms with Crippen molar-refractivity contribution in [3.05, 3.63) is 94.4 Å². The van der Waals surface area contributed by atoms with Gasteiger partial charge in [0.25, 0.3) is 5.78 Å². The standard InChI is InChI=1S/C30H26N4O4S/c1-5-38-20-10-6-9-19(15-20)25-23(26(35)24-18(4)33-13-7-8-17(3)28(33)32-24)27(36)29(37)34(25)30-31-21-12-11-16(2)14-22(21)39-30/h6-15,25,35H,5H2,1-4H3. The molecule has 4 heterocycles. The van der Waals surface area contributed by atoms with E-state index >= 15 is 0 Å². The summed E-state index contributed by atoms with van der Waals surface area (Å²) >= 11 is 1.33. The predicted molar refractivity (Wildman–Crippen MR) is 151 cm³/mol. The molecule has 1 aliphatic heterocycles. The number of imidazole rings is 1. The largest absolute Gasteiger partial charge is 0.505 e. The van der Waals surface area contributed by atoms with E-state index in [1.807, 2.05) is 86.8 Å². The number of aryl methyl sites for hydroxylation is 3. The van der Waals surface area contributed by atoms with Gasteiger partial charge in [0, 0.05) is 6.20 Å². The quantitative estimate of drug-likeness (QED) is 0.170. The number of carbonyl (C=O) groups excluding carboxylic acids is 2. The minimum atomic E-state index is -0.919. The lowest BCUT2D eigenvalue weighted by molar-refractivity contribution is -0.132. The molecule has 1 N–H and O–H groups in total. The van der Waals surface area contributed by atoms with E-state index in [9.17, 15) is 14.7 Å². The predicted octanol–water partition coefficient (Wildman–Crippen LogP) is 5.89. The van der Waals surface area contributed by atoms with Crippen LogP contribution in [-0.4, -0.2) is 37.8 Å². The molecule has 1 saturated heterocycles. The van der Waals surface area contributed by atoms with Crippen LogP contribution < -0.4 is 9.64 Å². The molecule has 39 heavy (non-hydrogen) atoms.